The van der Waals surface area contributed by atoms with Crippen molar-refractivity contribution in [1.29, 1.82) is 0 Å². The van der Waals surface area contributed by atoms with Crippen LogP contribution >= 0.6 is 0 Å². The molecule has 7 heavy (non-hydrogen) atoms. The summed E-state index contributed by atoms with van der Waals surface area (Å²) in [4.78, 5) is 0. The van der Waals surface area contributed by atoms with Crippen molar-refractivity contribution in [2.24, 2.45) is 0 Å². The fraction of sp³-hybridized carbons (Fsp3) is 1.00. The van der Waals surface area contributed by atoms with Gasteiger partial charge in [-0.3, -0.25) is 0 Å². The molecule has 8 radical (unpaired) electrons. The van der Waals surface area contributed by atoms with Crippen LogP contribution in [0.15, 0.2) is 0 Å². The molecule has 0 heterocycles. The zero-order valence-electron chi connectivity index (χ0n) is 5.60. The largest absolute Gasteiger partial charge is 1.00 e. The van der Waals surface area contributed by atoms with Crippen LogP contribution in [0.2, 0.25) is 0 Å². The first-order valence-electron chi connectivity index (χ1n) is 1.79. The number of rotatable bonds is 0. The number of hydrogen-bond donors (Lipinski definition) is 0. The van der Waals surface area contributed by atoms with Crippen molar-refractivity contribution < 1.29 is 4.48 Å². The molecule has 0 rings (SSSR count). The van der Waals surface area contributed by atoms with Crippen molar-refractivity contribution in [3.05, 3.63) is 0 Å². The maximum Gasteiger partial charge on any atom is 0.0675 e. The topological polar surface area (TPSA) is 0 Å². The fourth-order valence-electron chi connectivity index (χ4n) is 0. The second kappa shape index (κ2) is 4.25. The summed E-state index contributed by atoms with van der Waals surface area (Å²) >= 11 is 0. The van der Waals surface area contributed by atoms with E-state index in [-0.39, 0.29) is 16.8 Å². The predicted octanol–water partition coefficient (Wildman–Crippen LogP) is -0.439. The Morgan fingerprint density at radius 3 is 0.714 bits per heavy atom. The van der Waals surface area contributed by atoms with E-state index < -0.39 is 0 Å². The Bertz CT molecular complexity index is 25.2. The summed E-state index contributed by atoms with van der Waals surface area (Å²) < 4.78 is 1.00. The van der Waals surface area contributed by atoms with E-state index in [9.17, 15) is 0 Å². The lowest BCUT2D eigenvalue weighted by Gasteiger charge is -2.14. The Kier molecular flexibility index (Phi) is 9.55. The van der Waals surface area contributed by atoms with Gasteiger partial charge >= 0.3 is 0 Å². The van der Waals surface area contributed by atoms with Crippen LogP contribution in [0.1, 0.15) is 0 Å². The molecular formula is C4H12B2N-. The summed E-state index contributed by atoms with van der Waals surface area (Å²) in [6.45, 7) is 0. The van der Waals surface area contributed by atoms with E-state index in [1.807, 2.05) is 0 Å². The Morgan fingerprint density at radius 2 is 0.714 bits per heavy atom. The van der Waals surface area contributed by atoms with Crippen molar-refractivity contribution in [2.75, 3.05) is 28.2 Å². The van der Waals surface area contributed by atoms with E-state index >= 15 is 0 Å². The highest BCUT2D eigenvalue weighted by molar-refractivity contribution is 5.76. The molecule has 0 spiro atoms. The molecule has 3 heteroatoms. The van der Waals surface area contributed by atoms with Gasteiger partial charge in [0.25, 0.3) is 0 Å². The van der Waals surface area contributed by atoms with Gasteiger partial charge in [-0.15, -0.1) is 0 Å². The molecule has 0 amide bonds. The van der Waals surface area contributed by atoms with Crippen LogP contribution in [-0.4, -0.2) is 49.5 Å². The van der Waals surface area contributed by atoms with Crippen molar-refractivity contribution in [3.8, 4) is 0 Å². The van der Waals surface area contributed by atoms with Gasteiger partial charge in [-0.05, 0) is 0 Å². The monoisotopic (exact) mass is 96.1 g/mol. The van der Waals surface area contributed by atoms with E-state index in [0.717, 1.165) is 4.48 Å². The smallest absolute Gasteiger partial charge is 0.0675 e. The van der Waals surface area contributed by atoms with E-state index in [2.05, 4.69) is 28.2 Å². The van der Waals surface area contributed by atoms with Crippen molar-refractivity contribution in [1.82, 2.24) is 0 Å². The predicted molar refractivity (Wildman–Crippen MR) is 35.5 cm³/mol. The van der Waals surface area contributed by atoms with Crippen molar-refractivity contribution in [3.63, 3.8) is 0 Å². The standard InChI is InChI=1S/C4H12N.2B/c1-5(2,3)4;;/h1-4H3;;/q+1;2*-1. The van der Waals surface area contributed by atoms with E-state index in [0.29, 0.717) is 0 Å². The summed E-state index contributed by atoms with van der Waals surface area (Å²) in [5.41, 5.74) is 0. The summed E-state index contributed by atoms with van der Waals surface area (Å²) in [6, 6.07) is 0. The van der Waals surface area contributed by atoms with Crippen LogP contribution < -0.4 is 0 Å². The number of quaternary nitrogens is 1. The quantitative estimate of drug-likeness (QED) is 0.283. The van der Waals surface area contributed by atoms with Gasteiger partial charge in [0.05, 0.1) is 28.2 Å². The maximum atomic E-state index is 2.12. The zero-order valence-corrected chi connectivity index (χ0v) is 5.60. The number of hydrogen-bond acceptors (Lipinski definition) is 0. The van der Waals surface area contributed by atoms with Crippen LogP contribution in [-0.2, 0) is 0 Å². The molecule has 0 aliphatic rings. The molecule has 0 fully saturated rings. The molecule has 0 N–H and O–H groups in total. The zero-order chi connectivity index (χ0) is 4.50. The molecule has 0 aliphatic carbocycles. The molecule has 0 aliphatic heterocycles. The lowest BCUT2D eigenvalue weighted by molar-refractivity contribution is -0.849. The SMILES string of the molecule is C[N+](C)(C)C.[B-].[B-]. The molecule has 0 saturated heterocycles. The third-order valence-electron chi connectivity index (χ3n) is 0. The van der Waals surface area contributed by atoms with Gasteiger partial charge in [-0.25, -0.2) is 0 Å². The second-order valence-corrected chi connectivity index (χ2v) is 2.68. The molecule has 0 atom stereocenters. The molecule has 0 unspecified atom stereocenters. The lowest BCUT2D eigenvalue weighted by Crippen LogP contribution is -2.27. The minimum absolute atomic E-state index is 0. The van der Waals surface area contributed by atoms with Crippen LogP contribution in [0, 0.1) is 0 Å². The minimum Gasteiger partial charge on any atom is -1.00 e. The highest BCUT2D eigenvalue weighted by atomic mass is 15.2. The van der Waals surface area contributed by atoms with Crippen molar-refractivity contribution >= 4 is 16.8 Å². The normalized spacial score (nSPS) is 8.57. The first kappa shape index (κ1) is 15.7. The molecule has 40 valence electrons. The summed E-state index contributed by atoms with van der Waals surface area (Å²) in [6.07, 6.45) is 0. The second-order valence-electron chi connectivity index (χ2n) is 2.68. The Morgan fingerprint density at radius 1 is 0.714 bits per heavy atom. The molecule has 1 nitrogen and oxygen atoms in total. The van der Waals surface area contributed by atoms with Gasteiger partial charge in [0.15, 0.2) is 0 Å². The average Bonchev–Trinajstić information content (AvgIpc) is 0.722. The van der Waals surface area contributed by atoms with Gasteiger partial charge in [-0.2, -0.15) is 0 Å². The minimum atomic E-state index is 0. The van der Waals surface area contributed by atoms with Crippen LogP contribution in [0.5, 0.6) is 0 Å². The first-order chi connectivity index (χ1) is 2.00. The summed E-state index contributed by atoms with van der Waals surface area (Å²) in [5, 5.41) is 0. The third kappa shape index (κ3) is 12600. The fourth-order valence-corrected chi connectivity index (χ4v) is 0. The third-order valence-corrected chi connectivity index (χ3v) is 0. The van der Waals surface area contributed by atoms with E-state index in [1.54, 1.807) is 0 Å². The van der Waals surface area contributed by atoms with Crippen molar-refractivity contribution in [2.45, 2.75) is 0 Å². The average molecular weight is 95.8 g/mol. The van der Waals surface area contributed by atoms with Crippen LogP contribution in [0.25, 0.3) is 0 Å². The summed E-state index contributed by atoms with van der Waals surface area (Å²) in [5.74, 6) is 0. The van der Waals surface area contributed by atoms with Gasteiger partial charge in [0.1, 0.15) is 0 Å². The van der Waals surface area contributed by atoms with Gasteiger partial charge in [-0.1, -0.05) is 0 Å². The Balaban J connectivity index is -0.0000000800. The highest BCUT2D eigenvalue weighted by Crippen LogP contribution is 1.73. The molecule has 0 bridgehead atoms. The van der Waals surface area contributed by atoms with Gasteiger partial charge in [0.2, 0.25) is 0 Å². The van der Waals surface area contributed by atoms with Crippen LogP contribution in [0.4, 0.5) is 0 Å². The Labute approximate surface area is 50.4 Å². The molecule has 0 aromatic heterocycles. The first-order valence-corrected chi connectivity index (χ1v) is 1.79. The lowest BCUT2D eigenvalue weighted by atomic mass is 10.8. The molecular weight excluding hydrogens is 83.7 g/mol. The van der Waals surface area contributed by atoms with E-state index in [4.69, 9.17) is 0 Å². The summed E-state index contributed by atoms with van der Waals surface area (Å²) in [7, 11) is 8.50. The highest BCUT2D eigenvalue weighted by Gasteiger charge is 1.88. The van der Waals surface area contributed by atoms with Crippen LogP contribution in [0.3, 0.4) is 0 Å². The number of nitrogens with zero attached hydrogens (tertiary/aromatic N) is 1. The Hall–Kier alpha value is 0.0899. The maximum absolute atomic E-state index is 2.12. The molecule has 0 aromatic carbocycles. The molecule has 0 saturated carbocycles. The van der Waals surface area contributed by atoms with Gasteiger partial charge < -0.3 is 21.3 Å². The molecule has 0 aromatic rings. The van der Waals surface area contributed by atoms with Gasteiger partial charge in [0, 0.05) is 0 Å². The van der Waals surface area contributed by atoms with E-state index in [1.165, 1.54) is 0 Å².